The topological polar surface area (TPSA) is 43.4 Å². The Balaban J connectivity index is 0.00000123. The third-order valence-corrected chi connectivity index (χ3v) is 4.00. The SMILES string of the molecule is CC.CC.CC(C)CNc1ccc(B2OC(C)(C)C(C)(C)O2)cn1. The van der Waals surface area contributed by atoms with Crippen molar-refractivity contribution in [3.05, 3.63) is 18.3 Å². The number of aromatic nitrogens is 1. The van der Waals surface area contributed by atoms with Crippen LogP contribution < -0.4 is 10.8 Å². The van der Waals surface area contributed by atoms with Gasteiger partial charge < -0.3 is 14.6 Å². The van der Waals surface area contributed by atoms with Crippen molar-refractivity contribution in [3.8, 4) is 0 Å². The van der Waals surface area contributed by atoms with Crippen molar-refractivity contribution in [1.29, 1.82) is 0 Å². The maximum absolute atomic E-state index is 6.01. The number of anilines is 1. The van der Waals surface area contributed by atoms with Crippen molar-refractivity contribution in [2.45, 2.75) is 80.4 Å². The van der Waals surface area contributed by atoms with E-state index < -0.39 is 0 Å². The fourth-order valence-electron chi connectivity index (χ4n) is 1.94. The van der Waals surface area contributed by atoms with Crippen LogP contribution in [0, 0.1) is 5.92 Å². The second kappa shape index (κ2) is 10.0. The van der Waals surface area contributed by atoms with E-state index in [1.165, 1.54) is 0 Å². The van der Waals surface area contributed by atoms with Crippen molar-refractivity contribution in [2.24, 2.45) is 5.92 Å². The van der Waals surface area contributed by atoms with Crippen LogP contribution in [0.5, 0.6) is 0 Å². The van der Waals surface area contributed by atoms with Gasteiger partial charge in [-0.05, 0) is 39.7 Å². The lowest BCUT2D eigenvalue weighted by Crippen LogP contribution is -2.41. The van der Waals surface area contributed by atoms with E-state index in [4.69, 9.17) is 9.31 Å². The molecule has 1 N–H and O–H groups in total. The molecule has 1 aromatic heterocycles. The lowest BCUT2D eigenvalue weighted by atomic mass is 9.80. The molecule has 24 heavy (non-hydrogen) atoms. The van der Waals surface area contributed by atoms with Crippen LogP contribution in [0.2, 0.25) is 0 Å². The highest BCUT2D eigenvalue weighted by Gasteiger charge is 2.51. The molecule has 138 valence electrons. The minimum Gasteiger partial charge on any atom is -0.399 e. The zero-order valence-electron chi connectivity index (χ0n) is 17.4. The predicted molar refractivity (Wildman–Crippen MR) is 106 cm³/mol. The van der Waals surface area contributed by atoms with Crippen LogP contribution in [0.1, 0.15) is 69.2 Å². The smallest absolute Gasteiger partial charge is 0.399 e. The average molecular weight is 336 g/mol. The number of nitrogens with one attached hydrogen (secondary N) is 1. The molecule has 1 aliphatic heterocycles. The van der Waals surface area contributed by atoms with Crippen LogP contribution in [0.3, 0.4) is 0 Å². The molecule has 4 nitrogen and oxygen atoms in total. The Morgan fingerprint density at radius 3 is 1.88 bits per heavy atom. The van der Waals surface area contributed by atoms with Gasteiger partial charge in [0.25, 0.3) is 0 Å². The first-order valence-electron chi connectivity index (χ1n) is 9.27. The first-order valence-corrected chi connectivity index (χ1v) is 9.27. The van der Waals surface area contributed by atoms with E-state index in [1.807, 2.05) is 46.0 Å². The highest BCUT2D eigenvalue weighted by molar-refractivity contribution is 6.62. The molecule has 2 rings (SSSR count). The van der Waals surface area contributed by atoms with Gasteiger partial charge in [0.2, 0.25) is 0 Å². The van der Waals surface area contributed by atoms with Crippen LogP contribution in [0.25, 0.3) is 0 Å². The van der Waals surface area contributed by atoms with Gasteiger partial charge in [0, 0.05) is 18.2 Å². The largest absolute Gasteiger partial charge is 0.496 e. The molecule has 0 bridgehead atoms. The third kappa shape index (κ3) is 6.10. The Morgan fingerprint density at radius 1 is 1.00 bits per heavy atom. The summed E-state index contributed by atoms with van der Waals surface area (Å²) in [6.45, 7) is 21.5. The van der Waals surface area contributed by atoms with Crippen LogP contribution in [0.15, 0.2) is 18.3 Å². The molecular weight excluding hydrogens is 299 g/mol. The van der Waals surface area contributed by atoms with E-state index in [0.717, 1.165) is 17.8 Å². The molecular formula is C19H37BN2O2. The van der Waals surface area contributed by atoms with Crippen molar-refractivity contribution in [1.82, 2.24) is 4.98 Å². The van der Waals surface area contributed by atoms with Gasteiger partial charge in [0.15, 0.2) is 0 Å². The number of pyridine rings is 1. The zero-order valence-corrected chi connectivity index (χ0v) is 17.4. The fourth-order valence-corrected chi connectivity index (χ4v) is 1.94. The van der Waals surface area contributed by atoms with Gasteiger partial charge >= 0.3 is 7.12 Å². The highest BCUT2D eigenvalue weighted by atomic mass is 16.7. The molecule has 0 amide bonds. The van der Waals surface area contributed by atoms with Gasteiger partial charge in [-0.1, -0.05) is 47.6 Å². The Labute approximate surface area is 149 Å². The van der Waals surface area contributed by atoms with E-state index in [-0.39, 0.29) is 18.3 Å². The summed E-state index contributed by atoms with van der Waals surface area (Å²) in [7, 11) is -0.341. The van der Waals surface area contributed by atoms with Gasteiger partial charge in [0.05, 0.1) is 11.2 Å². The molecule has 1 aliphatic rings. The lowest BCUT2D eigenvalue weighted by molar-refractivity contribution is 0.00578. The minimum absolute atomic E-state index is 0.313. The first-order chi connectivity index (χ1) is 11.2. The molecule has 1 fully saturated rings. The summed E-state index contributed by atoms with van der Waals surface area (Å²) >= 11 is 0. The normalized spacial score (nSPS) is 17.5. The summed E-state index contributed by atoms with van der Waals surface area (Å²) in [5.41, 5.74) is 0.331. The summed E-state index contributed by atoms with van der Waals surface area (Å²) in [6.07, 6.45) is 1.82. The van der Waals surface area contributed by atoms with Crippen LogP contribution in [-0.2, 0) is 9.31 Å². The quantitative estimate of drug-likeness (QED) is 0.822. The van der Waals surface area contributed by atoms with Crippen LogP contribution in [-0.4, -0.2) is 29.8 Å². The second-order valence-corrected chi connectivity index (χ2v) is 6.84. The summed E-state index contributed by atoms with van der Waals surface area (Å²) < 4.78 is 12.0. The molecule has 0 spiro atoms. The second-order valence-electron chi connectivity index (χ2n) is 6.84. The highest BCUT2D eigenvalue weighted by Crippen LogP contribution is 2.36. The van der Waals surface area contributed by atoms with Crippen molar-refractivity contribution < 1.29 is 9.31 Å². The van der Waals surface area contributed by atoms with Gasteiger partial charge in [-0.15, -0.1) is 0 Å². The standard InChI is InChI=1S/C15H25BN2O2.2C2H6/c1-11(2)9-17-13-8-7-12(10-18-13)16-19-14(3,4)15(5,6)20-16;2*1-2/h7-8,10-11H,9H2,1-6H3,(H,17,18);2*1-2H3. The summed E-state index contributed by atoms with van der Waals surface area (Å²) in [4.78, 5) is 4.42. The number of hydrogen-bond donors (Lipinski definition) is 1. The maximum Gasteiger partial charge on any atom is 0.496 e. The fraction of sp³-hybridized carbons (Fsp3) is 0.737. The van der Waals surface area contributed by atoms with Gasteiger partial charge in [-0.3, -0.25) is 0 Å². The van der Waals surface area contributed by atoms with E-state index in [0.29, 0.717) is 5.92 Å². The Morgan fingerprint density at radius 2 is 1.50 bits per heavy atom. The zero-order chi connectivity index (χ0) is 19.0. The summed E-state index contributed by atoms with van der Waals surface area (Å²) in [5, 5.41) is 3.30. The summed E-state index contributed by atoms with van der Waals surface area (Å²) in [6, 6.07) is 3.99. The molecule has 1 saturated heterocycles. The number of nitrogens with zero attached hydrogens (tertiary/aromatic N) is 1. The predicted octanol–water partition coefficient (Wildman–Crippen LogP) is 4.50. The summed E-state index contributed by atoms with van der Waals surface area (Å²) in [5.74, 6) is 1.48. The van der Waals surface area contributed by atoms with Crippen LogP contribution in [0.4, 0.5) is 5.82 Å². The van der Waals surface area contributed by atoms with Crippen LogP contribution >= 0.6 is 0 Å². The molecule has 2 heterocycles. The molecule has 0 aliphatic carbocycles. The first kappa shape index (κ1) is 22.9. The Kier molecular flexibility index (Phi) is 9.60. The monoisotopic (exact) mass is 336 g/mol. The third-order valence-electron chi connectivity index (χ3n) is 4.00. The Hall–Kier alpha value is -1.07. The van der Waals surface area contributed by atoms with Crippen molar-refractivity contribution in [2.75, 3.05) is 11.9 Å². The van der Waals surface area contributed by atoms with E-state index in [1.54, 1.807) is 0 Å². The van der Waals surface area contributed by atoms with Gasteiger partial charge in [-0.25, -0.2) is 4.98 Å². The number of rotatable bonds is 4. The van der Waals surface area contributed by atoms with Crippen molar-refractivity contribution >= 4 is 18.4 Å². The van der Waals surface area contributed by atoms with Crippen molar-refractivity contribution in [3.63, 3.8) is 0 Å². The van der Waals surface area contributed by atoms with E-state index >= 15 is 0 Å². The molecule has 0 atom stereocenters. The molecule has 0 radical (unpaired) electrons. The molecule has 0 saturated carbocycles. The van der Waals surface area contributed by atoms with E-state index in [9.17, 15) is 0 Å². The molecule has 0 aromatic carbocycles. The minimum atomic E-state index is -0.341. The molecule has 0 unspecified atom stereocenters. The maximum atomic E-state index is 6.01. The number of hydrogen-bond acceptors (Lipinski definition) is 4. The molecule has 5 heteroatoms. The van der Waals surface area contributed by atoms with Gasteiger partial charge in [-0.2, -0.15) is 0 Å². The Bertz CT molecular complexity index is 443. The lowest BCUT2D eigenvalue weighted by Gasteiger charge is -2.32. The van der Waals surface area contributed by atoms with Gasteiger partial charge in [0.1, 0.15) is 5.82 Å². The van der Waals surface area contributed by atoms with E-state index in [2.05, 4.69) is 51.8 Å². The average Bonchev–Trinajstić information content (AvgIpc) is 2.78. The molecule has 1 aromatic rings.